The molecule has 0 heterocycles. The summed E-state index contributed by atoms with van der Waals surface area (Å²) in [7, 11) is 0. The molecule has 0 bridgehead atoms. The third-order valence-corrected chi connectivity index (χ3v) is 6.04. The van der Waals surface area contributed by atoms with Crippen molar-refractivity contribution < 1.29 is 14.3 Å². The summed E-state index contributed by atoms with van der Waals surface area (Å²) in [6.45, 7) is 2.62. The van der Waals surface area contributed by atoms with Gasteiger partial charge in [-0.2, -0.15) is 0 Å². The van der Waals surface area contributed by atoms with Gasteiger partial charge in [0.15, 0.2) is 6.61 Å². The van der Waals surface area contributed by atoms with Gasteiger partial charge in [-0.25, -0.2) is 0 Å². The summed E-state index contributed by atoms with van der Waals surface area (Å²) in [5, 5.41) is 3.58. The van der Waals surface area contributed by atoms with E-state index in [1.807, 2.05) is 61.5 Å². The normalized spacial score (nSPS) is 11.5. The number of hydrogen-bond donors (Lipinski definition) is 1. The van der Waals surface area contributed by atoms with E-state index in [1.165, 1.54) is 0 Å². The number of ether oxygens (including phenoxy) is 1. The summed E-state index contributed by atoms with van der Waals surface area (Å²) >= 11 is 9.44. The highest BCUT2D eigenvalue weighted by molar-refractivity contribution is 9.10. The molecule has 0 fully saturated rings. The van der Waals surface area contributed by atoms with Crippen molar-refractivity contribution in [3.8, 4) is 5.75 Å². The Morgan fingerprint density at radius 3 is 2.29 bits per heavy atom. The average molecular weight is 544 g/mol. The number of carbonyl (C=O) groups excluding carboxylic acids is 2. The fraction of sp³-hybridized carbons (Fsp3) is 0.259. The fourth-order valence-electron chi connectivity index (χ4n) is 3.47. The van der Waals surface area contributed by atoms with E-state index in [2.05, 4.69) is 21.2 Å². The molecule has 1 N–H and O–H groups in total. The van der Waals surface area contributed by atoms with Crippen molar-refractivity contribution in [1.82, 2.24) is 10.2 Å². The van der Waals surface area contributed by atoms with Crippen LogP contribution in [0.3, 0.4) is 0 Å². The van der Waals surface area contributed by atoms with Gasteiger partial charge in [-0.05, 0) is 53.9 Å². The van der Waals surface area contributed by atoms with Crippen molar-refractivity contribution >= 4 is 39.3 Å². The quantitative estimate of drug-likeness (QED) is 0.340. The van der Waals surface area contributed by atoms with Gasteiger partial charge in [0.1, 0.15) is 11.8 Å². The highest BCUT2D eigenvalue weighted by Gasteiger charge is 2.30. The third-order valence-electron chi connectivity index (χ3n) is 5.26. The molecular formula is C27H28BrClN2O3. The molecule has 0 aliphatic heterocycles. The highest BCUT2D eigenvalue weighted by Crippen LogP contribution is 2.19. The Kier molecular flexibility index (Phi) is 9.98. The smallest absolute Gasteiger partial charge is 0.261 e. The second-order valence-electron chi connectivity index (χ2n) is 7.89. The molecular weight excluding hydrogens is 516 g/mol. The second kappa shape index (κ2) is 13.2. The molecule has 1 atom stereocenters. The van der Waals surface area contributed by atoms with Gasteiger partial charge in [0.05, 0.1) is 0 Å². The molecule has 0 aliphatic rings. The summed E-state index contributed by atoms with van der Waals surface area (Å²) in [5.41, 5.74) is 1.85. The summed E-state index contributed by atoms with van der Waals surface area (Å²) < 4.78 is 6.68. The number of halogens is 2. The lowest BCUT2D eigenvalue weighted by Gasteiger charge is -2.31. The van der Waals surface area contributed by atoms with Crippen LogP contribution >= 0.6 is 27.5 Å². The monoisotopic (exact) mass is 542 g/mol. The van der Waals surface area contributed by atoms with E-state index < -0.39 is 6.04 Å². The Labute approximate surface area is 214 Å². The number of carbonyl (C=O) groups is 2. The van der Waals surface area contributed by atoms with Crippen LogP contribution in [-0.4, -0.2) is 35.9 Å². The van der Waals surface area contributed by atoms with E-state index in [0.717, 1.165) is 22.0 Å². The molecule has 0 spiro atoms. The Hall–Kier alpha value is -2.83. The average Bonchev–Trinajstić information content (AvgIpc) is 2.86. The van der Waals surface area contributed by atoms with E-state index >= 15 is 0 Å². The van der Waals surface area contributed by atoms with Gasteiger partial charge in [-0.1, -0.05) is 76.9 Å². The second-order valence-corrected chi connectivity index (χ2v) is 9.24. The summed E-state index contributed by atoms with van der Waals surface area (Å²) in [6.07, 6.45) is 1.20. The first-order valence-electron chi connectivity index (χ1n) is 11.2. The number of hydrogen-bond acceptors (Lipinski definition) is 3. The van der Waals surface area contributed by atoms with Gasteiger partial charge in [0.25, 0.3) is 5.91 Å². The van der Waals surface area contributed by atoms with Gasteiger partial charge < -0.3 is 15.0 Å². The number of nitrogens with one attached hydrogen (secondary N) is 1. The molecule has 0 saturated heterocycles. The van der Waals surface area contributed by atoms with Crippen LogP contribution in [0.25, 0.3) is 0 Å². The molecule has 0 aliphatic carbocycles. The van der Waals surface area contributed by atoms with Crippen LogP contribution in [0.1, 0.15) is 24.5 Å². The fourth-order valence-corrected chi connectivity index (χ4v) is 3.86. The van der Waals surface area contributed by atoms with Crippen LogP contribution in [0.4, 0.5) is 0 Å². The predicted molar refractivity (Wildman–Crippen MR) is 139 cm³/mol. The molecule has 0 saturated carbocycles. The molecule has 178 valence electrons. The molecule has 0 radical (unpaired) electrons. The summed E-state index contributed by atoms with van der Waals surface area (Å²) in [6, 6.07) is 23.6. The maximum absolute atomic E-state index is 13.5. The zero-order chi connectivity index (χ0) is 24.3. The van der Waals surface area contributed by atoms with E-state index in [1.54, 1.807) is 29.2 Å². The predicted octanol–water partition coefficient (Wildman–Crippen LogP) is 5.65. The van der Waals surface area contributed by atoms with E-state index in [0.29, 0.717) is 23.7 Å². The largest absolute Gasteiger partial charge is 0.484 e. The van der Waals surface area contributed by atoms with Crippen LogP contribution in [0.5, 0.6) is 5.75 Å². The first kappa shape index (κ1) is 25.8. The standard InChI is InChI=1S/C27H28BrClN2O3/c1-2-16-30-27(33)25(17-20-6-4-3-5-7-20)31(18-21-8-12-23(29)13-9-21)26(32)19-34-24-14-10-22(28)11-15-24/h3-15,25H,2,16-19H2,1H3,(H,30,33). The molecule has 3 aromatic rings. The van der Waals surface area contributed by atoms with Crippen LogP contribution in [0.15, 0.2) is 83.3 Å². The molecule has 1 unspecified atom stereocenters. The van der Waals surface area contributed by atoms with Gasteiger partial charge in [-0.15, -0.1) is 0 Å². The molecule has 7 heteroatoms. The lowest BCUT2D eigenvalue weighted by atomic mass is 10.0. The maximum atomic E-state index is 13.5. The van der Waals surface area contributed by atoms with Crippen molar-refractivity contribution in [2.45, 2.75) is 32.4 Å². The van der Waals surface area contributed by atoms with Crippen LogP contribution in [-0.2, 0) is 22.6 Å². The van der Waals surface area contributed by atoms with Gasteiger partial charge in [0.2, 0.25) is 5.91 Å². The molecule has 34 heavy (non-hydrogen) atoms. The maximum Gasteiger partial charge on any atom is 0.261 e. The summed E-state index contributed by atoms with van der Waals surface area (Å²) in [5.74, 6) is 0.125. The first-order chi connectivity index (χ1) is 16.5. The lowest BCUT2D eigenvalue weighted by Crippen LogP contribution is -2.51. The molecule has 0 aromatic heterocycles. The molecule has 3 aromatic carbocycles. The zero-order valence-corrected chi connectivity index (χ0v) is 21.4. The number of rotatable bonds is 11. The van der Waals surface area contributed by atoms with E-state index in [4.69, 9.17) is 16.3 Å². The number of amides is 2. The Bertz CT molecular complexity index is 1060. The SMILES string of the molecule is CCCNC(=O)C(Cc1ccccc1)N(Cc1ccc(Cl)cc1)C(=O)COc1ccc(Br)cc1. The van der Waals surface area contributed by atoms with Gasteiger partial charge >= 0.3 is 0 Å². The highest BCUT2D eigenvalue weighted by atomic mass is 79.9. The van der Waals surface area contributed by atoms with Crippen molar-refractivity contribution in [3.05, 3.63) is 99.5 Å². The summed E-state index contributed by atoms with van der Waals surface area (Å²) in [4.78, 5) is 28.3. The van der Waals surface area contributed by atoms with E-state index in [9.17, 15) is 9.59 Å². The molecule has 3 rings (SSSR count). The topological polar surface area (TPSA) is 58.6 Å². The van der Waals surface area contributed by atoms with Crippen molar-refractivity contribution in [1.29, 1.82) is 0 Å². The van der Waals surface area contributed by atoms with Crippen molar-refractivity contribution in [2.24, 2.45) is 0 Å². The Morgan fingerprint density at radius 1 is 0.971 bits per heavy atom. The minimum absolute atomic E-state index is 0.179. The van der Waals surface area contributed by atoms with Crippen molar-refractivity contribution in [2.75, 3.05) is 13.2 Å². The zero-order valence-electron chi connectivity index (χ0n) is 19.0. The van der Waals surface area contributed by atoms with Crippen LogP contribution in [0, 0.1) is 0 Å². The van der Waals surface area contributed by atoms with Gasteiger partial charge in [0, 0.05) is 29.0 Å². The first-order valence-corrected chi connectivity index (χ1v) is 12.4. The number of benzene rings is 3. The van der Waals surface area contributed by atoms with Gasteiger partial charge in [-0.3, -0.25) is 9.59 Å². The third kappa shape index (κ3) is 7.89. The lowest BCUT2D eigenvalue weighted by molar-refractivity contribution is -0.142. The Balaban J connectivity index is 1.87. The Morgan fingerprint density at radius 2 is 1.65 bits per heavy atom. The van der Waals surface area contributed by atoms with Crippen molar-refractivity contribution in [3.63, 3.8) is 0 Å². The molecule has 2 amide bonds. The van der Waals surface area contributed by atoms with E-state index in [-0.39, 0.29) is 25.0 Å². The minimum atomic E-state index is -0.689. The minimum Gasteiger partial charge on any atom is -0.484 e. The van der Waals surface area contributed by atoms with Crippen LogP contribution in [0.2, 0.25) is 5.02 Å². The van der Waals surface area contributed by atoms with Crippen LogP contribution < -0.4 is 10.1 Å². The molecule has 5 nitrogen and oxygen atoms in total. The number of nitrogens with zero attached hydrogens (tertiary/aromatic N) is 1.